The number of carbonyl (C=O) groups excluding carboxylic acids is 2. The molecule has 2 atom stereocenters. The Morgan fingerprint density at radius 3 is 2.22 bits per heavy atom. The van der Waals surface area contributed by atoms with Crippen molar-refractivity contribution in [1.29, 1.82) is 0 Å². The van der Waals surface area contributed by atoms with Crippen molar-refractivity contribution in [2.45, 2.75) is 17.9 Å². The minimum absolute atomic E-state index is 0.00139. The molecule has 166 valence electrons. The average Bonchev–Trinajstić information content (AvgIpc) is 3.48. The normalized spacial score (nSPS) is 22.3. The number of hydrogen-bond donors (Lipinski definition) is 3. The van der Waals surface area contributed by atoms with Crippen molar-refractivity contribution in [2.75, 3.05) is 26.2 Å². The zero-order valence-electron chi connectivity index (χ0n) is 17.4. The Bertz CT molecular complexity index is 1050. The molecule has 0 bridgehead atoms. The Kier molecular flexibility index (Phi) is 4.89. The zero-order chi connectivity index (χ0) is 22.5. The van der Waals surface area contributed by atoms with Gasteiger partial charge in [0.05, 0.1) is 13.1 Å². The molecule has 0 radical (unpaired) electrons. The van der Waals surface area contributed by atoms with E-state index in [1.165, 1.54) is 4.90 Å². The summed E-state index contributed by atoms with van der Waals surface area (Å²) in [6.07, 6.45) is 0.110. The van der Waals surface area contributed by atoms with E-state index >= 15 is 0 Å². The molecule has 2 amide bonds. The van der Waals surface area contributed by atoms with E-state index in [1.807, 2.05) is 24.3 Å². The lowest BCUT2D eigenvalue weighted by molar-refractivity contribution is -0.182. The van der Waals surface area contributed by atoms with Crippen LogP contribution in [0.2, 0.25) is 0 Å². The predicted octanol–water partition coefficient (Wildman–Crippen LogP) is 1.82. The Balaban J connectivity index is 1.10. The van der Waals surface area contributed by atoms with E-state index in [9.17, 15) is 19.5 Å². The number of carbonyl (C=O) groups is 3. The van der Waals surface area contributed by atoms with E-state index in [0.717, 1.165) is 22.3 Å². The summed E-state index contributed by atoms with van der Waals surface area (Å²) in [5.41, 5.74) is 2.78. The molecular weight excluding hydrogens is 412 g/mol. The highest BCUT2D eigenvalue weighted by molar-refractivity contribution is 5.87. The smallest absolute Gasteiger partial charge is 0.407 e. The van der Waals surface area contributed by atoms with Gasteiger partial charge in [0.25, 0.3) is 0 Å². The van der Waals surface area contributed by atoms with Crippen molar-refractivity contribution >= 4 is 18.0 Å². The number of amides is 2. The fourth-order valence-corrected chi connectivity index (χ4v) is 4.75. The summed E-state index contributed by atoms with van der Waals surface area (Å²) in [5.74, 6) is -1.74. The van der Waals surface area contributed by atoms with Crippen molar-refractivity contribution < 1.29 is 29.3 Å². The molecule has 5 rings (SSSR count). The summed E-state index contributed by atoms with van der Waals surface area (Å²) < 4.78 is 5.50. The number of carboxylic acids is 1. The van der Waals surface area contributed by atoms with E-state index in [4.69, 9.17) is 9.84 Å². The lowest BCUT2D eigenvalue weighted by Gasteiger charge is -2.43. The Morgan fingerprint density at radius 1 is 1.03 bits per heavy atom. The van der Waals surface area contributed by atoms with Crippen LogP contribution in [0, 0.1) is 11.8 Å². The quantitative estimate of drug-likeness (QED) is 0.636. The summed E-state index contributed by atoms with van der Waals surface area (Å²) >= 11 is 0. The number of aliphatic hydroxyl groups is 1. The number of nitrogens with one attached hydrogen (secondary N) is 1. The number of hydrogen-bond acceptors (Lipinski definition) is 5. The van der Waals surface area contributed by atoms with Crippen LogP contribution in [0.1, 0.15) is 23.5 Å². The number of ether oxygens (including phenoxy) is 1. The summed E-state index contributed by atoms with van der Waals surface area (Å²) in [7, 11) is 0. The fourth-order valence-electron chi connectivity index (χ4n) is 4.75. The molecule has 2 aromatic carbocycles. The summed E-state index contributed by atoms with van der Waals surface area (Å²) in [4.78, 5) is 36.9. The van der Waals surface area contributed by atoms with E-state index in [2.05, 4.69) is 29.6 Å². The first-order valence-corrected chi connectivity index (χ1v) is 10.7. The Hall–Kier alpha value is -3.39. The largest absolute Gasteiger partial charge is 0.479 e. The molecule has 0 spiro atoms. The second-order valence-electron chi connectivity index (χ2n) is 8.84. The minimum Gasteiger partial charge on any atom is -0.479 e. The molecule has 1 heterocycles. The van der Waals surface area contributed by atoms with Crippen molar-refractivity contribution in [3.63, 3.8) is 0 Å². The van der Waals surface area contributed by atoms with Crippen LogP contribution < -0.4 is 5.32 Å². The van der Waals surface area contributed by atoms with Crippen LogP contribution in [0.5, 0.6) is 0 Å². The molecule has 32 heavy (non-hydrogen) atoms. The maximum atomic E-state index is 12.4. The molecule has 2 aromatic rings. The number of fused-ring (bicyclic) bond motifs is 3. The number of carboxylic acid groups (broad SMARTS) is 1. The van der Waals surface area contributed by atoms with Crippen LogP contribution in [-0.2, 0) is 14.3 Å². The van der Waals surface area contributed by atoms with Crippen LogP contribution in [0.4, 0.5) is 4.79 Å². The SMILES string of the molecule is O=C(NCC1CC1C(=O)N1CC(O)(C(=O)O)C1)OCC1c2ccccc2-c2ccccc21. The monoisotopic (exact) mass is 436 g/mol. The highest BCUT2D eigenvalue weighted by atomic mass is 16.5. The zero-order valence-corrected chi connectivity index (χ0v) is 17.4. The molecule has 3 N–H and O–H groups in total. The van der Waals surface area contributed by atoms with Gasteiger partial charge in [0, 0.05) is 18.4 Å². The molecule has 1 saturated carbocycles. The third-order valence-electron chi connectivity index (χ3n) is 6.71. The molecule has 2 aliphatic carbocycles. The van der Waals surface area contributed by atoms with Crippen molar-refractivity contribution in [1.82, 2.24) is 10.2 Å². The predicted molar refractivity (Wildman–Crippen MR) is 114 cm³/mol. The summed E-state index contributed by atoms with van der Waals surface area (Å²) in [5, 5.41) is 21.4. The Labute approximate surface area is 184 Å². The van der Waals surface area contributed by atoms with Gasteiger partial charge >= 0.3 is 12.1 Å². The van der Waals surface area contributed by atoms with Crippen LogP contribution in [0.3, 0.4) is 0 Å². The lowest BCUT2D eigenvalue weighted by Crippen LogP contribution is -2.67. The van der Waals surface area contributed by atoms with Gasteiger partial charge in [-0.2, -0.15) is 0 Å². The van der Waals surface area contributed by atoms with Gasteiger partial charge in [0.1, 0.15) is 6.61 Å². The van der Waals surface area contributed by atoms with E-state index in [0.29, 0.717) is 13.0 Å². The molecule has 3 aliphatic rings. The van der Waals surface area contributed by atoms with Gasteiger partial charge in [-0.15, -0.1) is 0 Å². The number of likely N-dealkylation sites (tertiary alicyclic amines) is 1. The van der Waals surface area contributed by atoms with Gasteiger partial charge in [0.15, 0.2) is 5.60 Å². The highest BCUT2D eigenvalue weighted by Crippen LogP contribution is 2.44. The van der Waals surface area contributed by atoms with Crippen LogP contribution in [0.25, 0.3) is 11.1 Å². The van der Waals surface area contributed by atoms with Crippen LogP contribution in [-0.4, -0.2) is 64.9 Å². The molecular formula is C24H24N2O6. The van der Waals surface area contributed by atoms with E-state index in [-0.39, 0.29) is 43.4 Å². The van der Waals surface area contributed by atoms with Gasteiger partial charge in [0.2, 0.25) is 5.91 Å². The molecule has 2 unspecified atom stereocenters. The number of nitrogens with zero attached hydrogens (tertiary/aromatic N) is 1. The fraction of sp³-hybridized carbons (Fsp3) is 0.375. The third kappa shape index (κ3) is 3.50. The van der Waals surface area contributed by atoms with Crippen LogP contribution in [0.15, 0.2) is 48.5 Å². The van der Waals surface area contributed by atoms with E-state index in [1.54, 1.807) is 0 Å². The first-order chi connectivity index (χ1) is 15.4. The number of benzene rings is 2. The van der Waals surface area contributed by atoms with Crippen LogP contribution >= 0.6 is 0 Å². The molecule has 8 heteroatoms. The minimum atomic E-state index is -1.83. The van der Waals surface area contributed by atoms with Crippen molar-refractivity contribution in [3.05, 3.63) is 59.7 Å². The molecule has 1 saturated heterocycles. The third-order valence-corrected chi connectivity index (χ3v) is 6.71. The van der Waals surface area contributed by atoms with Crippen molar-refractivity contribution in [2.24, 2.45) is 11.8 Å². The highest BCUT2D eigenvalue weighted by Gasteiger charge is 2.54. The van der Waals surface area contributed by atoms with Gasteiger partial charge in [-0.05, 0) is 34.6 Å². The second kappa shape index (κ2) is 7.63. The van der Waals surface area contributed by atoms with E-state index < -0.39 is 17.7 Å². The second-order valence-corrected chi connectivity index (χ2v) is 8.84. The first-order valence-electron chi connectivity index (χ1n) is 10.7. The standard InChI is InChI=1S/C24H24N2O6/c27-21(26-12-24(31,13-26)22(28)29)19-9-14(19)10-25-23(30)32-11-20-17-7-3-1-5-15(17)16-6-2-4-8-18(16)20/h1-8,14,19-20,31H,9-13H2,(H,25,30)(H,28,29). The van der Waals surface area contributed by atoms with Gasteiger partial charge in [-0.3, -0.25) is 4.79 Å². The van der Waals surface area contributed by atoms with Crippen molar-refractivity contribution in [3.8, 4) is 11.1 Å². The van der Waals surface area contributed by atoms with Gasteiger partial charge < -0.3 is 25.2 Å². The Morgan fingerprint density at radius 2 is 1.62 bits per heavy atom. The lowest BCUT2D eigenvalue weighted by atomic mass is 9.94. The summed E-state index contributed by atoms with van der Waals surface area (Å²) in [6.45, 7) is 0.174. The molecule has 2 fully saturated rings. The van der Waals surface area contributed by atoms with Gasteiger partial charge in [-0.1, -0.05) is 48.5 Å². The molecule has 0 aromatic heterocycles. The average molecular weight is 436 g/mol. The number of alkyl carbamates (subject to hydrolysis) is 1. The number of rotatable bonds is 6. The number of β-amino-alcohol motifs (C(OH)–C–C–N with tert-alkyl or cyclic N) is 1. The molecule has 1 aliphatic heterocycles. The maximum absolute atomic E-state index is 12.4. The summed E-state index contributed by atoms with van der Waals surface area (Å²) in [6, 6.07) is 16.2. The number of aliphatic carboxylic acids is 1. The maximum Gasteiger partial charge on any atom is 0.407 e. The van der Waals surface area contributed by atoms with Gasteiger partial charge in [-0.25, -0.2) is 9.59 Å². The topological polar surface area (TPSA) is 116 Å². The first kappa shape index (κ1) is 20.5. The molecule has 8 nitrogen and oxygen atoms in total.